The van der Waals surface area contributed by atoms with E-state index in [-0.39, 0.29) is 0 Å². The summed E-state index contributed by atoms with van der Waals surface area (Å²) in [6.45, 7) is 6.80. The second kappa shape index (κ2) is 5.61. The van der Waals surface area contributed by atoms with Crippen LogP contribution in [-0.2, 0) is 0 Å². The molecule has 0 heterocycles. The lowest BCUT2D eigenvalue weighted by Gasteiger charge is -2.24. The van der Waals surface area contributed by atoms with Gasteiger partial charge < -0.3 is 10.2 Å². The van der Waals surface area contributed by atoms with Gasteiger partial charge in [0.05, 0.1) is 0 Å². The zero-order valence-electron chi connectivity index (χ0n) is 9.34. The fraction of sp³-hybridized carbons (Fsp3) is 1.00. The van der Waals surface area contributed by atoms with E-state index in [2.05, 4.69) is 31.1 Å². The Morgan fingerprint density at radius 1 is 1.46 bits per heavy atom. The Labute approximate surface area is 82.7 Å². The third-order valence-corrected chi connectivity index (χ3v) is 3.04. The van der Waals surface area contributed by atoms with E-state index in [0.29, 0.717) is 0 Å². The fourth-order valence-corrected chi connectivity index (χ4v) is 1.74. The largest absolute Gasteiger partial charge is 0.317 e. The molecule has 1 saturated carbocycles. The standard InChI is InChI=1S/C11H24N2/c1-4-12-9-5-6-10(2)13(3)11-7-8-11/h10-12H,4-9H2,1-3H3. The van der Waals surface area contributed by atoms with Crippen molar-refractivity contribution in [3.63, 3.8) is 0 Å². The normalized spacial score (nSPS) is 19.4. The van der Waals surface area contributed by atoms with Crippen LogP contribution < -0.4 is 5.32 Å². The number of hydrogen-bond acceptors (Lipinski definition) is 2. The molecule has 0 saturated heterocycles. The van der Waals surface area contributed by atoms with Crippen LogP contribution in [0.5, 0.6) is 0 Å². The smallest absolute Gasteiger partial charge is 0.00961 e. The van der Waals surface area contributed by atoms with Gasteiger partial charge in [-0.15, -0.1) is 0 Å². The Hall–Kier alpha value is -0.0800. The van der Waals surface area contributed by atoms with Gasteiger partial charge in [-0.3, -0.25) is 0 Å². The van der Waals surface area contributed by atoms with Crippen molar-refractivity contribution in [3.05, 3.63) is 0 Å². The van der Waals surface area contributed by atoms with E-state index in [9.17, 15) is 0 Å². The average molecular weight is 184 g/mol. The number of hydrogen-bond donors (Lipinski definition) is 1. The summed E-state index contributed by atoms with van der Waals surface area (Å²) < 4.78 is 0. The first-order valence-corrected chi connectivity index (χ1v) is 5.68. The van der Waals surface area contributed by atoms with Crippen molar-refractivity contribution >= 4 is 0 Å². The van der Waals surface area contributed by atoms with Gasteiger partial charge in [-0.05, 0) is 52.7 Å². The zero-order chi connectivity index (χ0) is 9.68. The van der Waals surface area contributed by atoms with E-state index >= 15 is 0 Å². The van der Waals surface area contributed by atoms with Gasteiger partial charge in [0.1, 0.15) is 0 Å². The number of rotatable bonds is 7. The Morgan fingerprint density at radius 2 is 2.15 bits per heavy atom. The van der Waals surface area contributed by atoms with Gasteiger partial charge in [0.2, 0.25) is 0 Å². The maximum Gasteiger partial charge on any atom is 0.00961 e. The first kappa shape index (κ1) is 11.0. The topological polar surface area (TPSA) is 15.3 Å². The Kier molecular flexibility index (Phi) is 4.74. The Morgan fingerprint density at radius 3 is 2.69 bits per heavy atom. The van der Waals surface area contributed by atoms with Gasteiger partial charge in [-0.1, -0.05) is 6.92 Å². The summed E-state index contributed by atoms with van der Waals surface area (Å²) in [4.78, 5) is 2.55. The van der Waals surface area contributed by atoms with Crippen LogP contribution >= 0.6 is 0 Å². The van der Waals surface area contributed by atoms with Crippen LogP contribution in [0.3, 0.4) is 0 Å². The molecule has 0 spiro atoms. The predicted octanol–water partition coefficient (Wildman–Crippen LogP) is 1.86. The summed E-state index contributed by atoms with van der Waals surface area (Å²) in [5.41, 5.74) is 0. The molecular formula is C11H24N2. The summed E-state index contributed by atoms with van der Waals surface area (Å²) in [6.07, 6.45) is 5.49. The third kappa shape index (κ3) is 4.10. The summed E-state index contributed by atoms with van der Waals surface area (Å²) in [7, 11) is 2.27. The summed E-state index contributed by atoms with van der Waals surface area (Å²) in [5, 5.41) is 3.37. The molecule has 2 heteroatoms. The highest BCUT2D eigenvalue weighted by atomic mass is 15.2. The molecule has 78 valence electrons. The van der Waals surface area contributed by atoms with Gasteiger partial charge >= 0.3 is 0 Å². The quantitative estimate of drug-likeness (QED) is 0.608. The maximum absolute atomic E-state index is 3.37. The van der Waals surface area contributed by atoms with E-state index in [1.165, 1.54) is 32.2 Å². The molecule has 1 N–H and O–H groups in total. The number of nitrogens with zero attached hydrogens (tertiary/aromatic N) is 1. The molecule has 1 aliphatic carbocycles. The molecule has 1 aliphatic rings. The van der Waals surface area contributed by atoms with Crippen LogP contribution in [0.25, 0.3) is 0 Å². The minimum absolute atomic E-state index is 0.770. The fourth-order valence-electron chi connectivity index (χ4n) is 1.74. The lowest BCUT2D eigenvalue weighted by molar-refractivity contribution is 0.233. The highest BCUT2D eigenvalue weighted by Gasteiger charge is 2.28. The molecule has 2 nitrogen and oxygen atoms in total. The summed E-state index contributed by atoms with van der Waals surface area (Å²) in [6, 6.07) is 1.68. The molecule has 0 aromatic rings. The van der Waals surface area contributed by atoms with Gasteiger partial charge in [-0.2, -0.15) is 0 Å². The van der Waals surface area contributed by atoms with Crippen LogP contribution in [-0.4, -0.2) is 37.1 Å². The van der Waals surface area contributed by atoms with E-state index in [0.717, 1.165) is 18.6 Å². The lowest BCUT2D eigenvalue weighted by Crippen LogP contribution is -2.31. The van der Waals surface area contributed by atoms with E-state index in [4.69, 9.17) is 0 Å². The molecule has 13 heavy (non-hydrogen) atoms. The van der Waals surface area contributed by atoms with Crippen molar-refractivity contribution in [1.82, 2.24) is 10.2 Å². The van der Waals surface area contributed by atoms with E-state index in [1.807, 2.05) is 0 Å². The Bertz CT molecular complexity index is 132. The minimum Gasteiger partial charge on any atom is -0.317 e. The highest BCUT2D eigenvalue weighted by Crippen LogP contribution is 2.27. The SMILES string of the molecule is CCNCCCC(C)N(C)C1CC1. The van der Waals surface area contributed by atoms with Crippen molar-refractivity contribution in [1.29, 1.82) is 0 Å². The van der Waals surface area contributed by atoms with Gasteiger partial charge in [0.25, 0.3) is 0 Å². The molecule has 0 bridgehead atoms. The van der Waals surface area contributed by atoms with E-state index in [1.54, 1.807) is 0 Å². The molecule has 0 aromatic heterocycles. The molecule has 0 amide bonds. The van der Waals surface area contributed by atoms with Crippen LogP contribution in [0, 0.1) is 0 Å². The predicted molar refractivity (Wildman–Crippen MR) is 58.0 cm³/mol. The van der Waals surface area contributed by atoms with Crippen LogP contribution in [0.1, 0.15) is 39.5 Å². The second-order valence-corrected chi connectivity index (χ2v) is 4.24. The van der Waals surface area contributed by atoms with Crippen LogP contribution in [0.2, 0.25) is 0 Å². The summed E-state index contributed by atoms with van der Waals surface area (Å²) in [5.74, 6) is 0. The first-order chi connectivity index (χ1) is 6.25. The highest BCUT2D eigenvalue weighted by molar-refractivity contribution is 4.85. The summed E-state index contributed by atoms with van der Waals surface area (Å²) >= 11 is 0. The molecule has 1 rings (SSSR count). The van der Waals surface area contributed by atoms with Crippen molar-refractivity contribution in [2.75, 3.05) is 20.1 Å². The molecular weight excluding hydrogens is 160 g/mol. The van der Waals surface area contributed by atoms with Crippen molar-refractivity contribution in [3.8, 4) is 0 Å². The van der Waals surface area contributed by atoms with Crippen molar-refractivity contribution in [2.45, 2.75) is 51.6 Å². The van der Waals surface area contributed by atoms with Gasteiger partial charge in [0, 0.05) is 12.1 Å². The zero-order valence-corrected chi connectivity index (χ0v) is 9.34. The lowest BCUT2D eigenvalue weighted by atomic mass is 10.1. The second-order valence-electron chi connectivity index (χ2n) is 4.24. The molecule has 0 radical (unpaired) electrons. The maximum atomic E-state index is 3.37. The average Bonchev–Trinajstić information content (AvgIpc) is 2.94. The molecule has 1 atom stereocenters. The molecule has 1 fully saturated rings. The molecule has 0 aliphatic heterocycles. The monoisotopic (exact) mass is 184 g/mol. The Balaban J connectivity index is 1.99. The molecule has 0 aromatic carbocycles. The van der Waals surface area contributed by atoms with Gasteiger partial charge in [-0.25, -0.2) is 0 Å². The minimum atomic E-state index is 0.770. The molecule has 1 unspecified atom stereocenters. The van der Waals surface area contributed by atoms with Crippen molar-refractivity contribution in [2.24, 2.45) is 0 Å². The third-order valence-electron chi connectivity index (χ3n) is 3.04. The van der Waals surface area contributed by atoms with Crippen molar-refractivity contribution < 1.29 is 0 Å². The van der Waals surface area contributed by atoms with Gasteiger partial charge in [0.15, 0.2) is 0 Å². The van der Waals surface area contributed by atoms with Crippen LogP contribution in [0.4, 0.5) is 0 Å². The van der Waals surface area contributed by atoms with Crippen LogP contribution in [0.15, 0.2) is 0 Å². The van der Waals surface area contributed by atoms with E-state index < -0.39 is 0 Å². The number of nitrogens with one attached hydrogen (secondary N) is 1. The first-order valence-electron chi connectivity index (χ1n) is 5.68.